The molecule has 0 aliphatic rings. The maximum atomic E-state index is 13.4. The van der Waals surface area contributed by atoms with Crippen LogP contribution in [-0.4, -0.2) is 22.8 Å². The smallest absolute Gasteiger partial charge is 0.435 e. The van der Waals surface area contributed by atoms with Crippen LogP contribution >= 0.6 is 11.6 Å². The van der Waals surface area contributed by atoms with Crippen molar-refractivity contribution in [3.63, 3.8) is 0 Å². The minimum Gasteiger partial charge on any atom is -0.495 e. The molecule has 0 aliphatic heterocycles. The maximum absolute atomic E-state index is 13.4. The van der Waals surface area contributed by atoms with Crippen LogP contribution in [0.2, 0.25) is 5.02 Å². The van der Waals surface area contributed by atoms with Gasteiger partial charge in [-0.2, -0.15) is 18.3 Å². The lowest BCUT2D eigenvalue weighted by Crippen LogP contribution is -2.12. The zero-order valence-electron chi connectivity index (χ0n) is 18.2. The minimum absolute atomic E-state index is 0.188. The first kappa shape index (κ1) is 23.4. The van der Waals surface area contributed by atoms with E-state index in [1.165, 1.54) is 19.2 Å². The standard InChI is InChI=1S/C25H19ClF3N3O2/c1-15-7-12-22(34-2)19(13-15)30-24(33)17-10-8-16(9-11-17)21-14-23(25(27,28)29)31-32(21)20-6-4-3-5-18(20)26/h3-14H,1-2H3,(H,30,33). The Morgan fingerprint density at radius 1 is 1.03 bits per heavy atom. The van der Waals surface area contributed by atoms with Crippen molar-refractivity contribution in [1.29, 1.82) is 0 Å². The Hall–Kier alpha value is -3.78. The van der Waals surface area contributed by atoms with Gasteiger partial charge in [0.1, 0.15) is 5.75 Å². The van der Waals surface area contributed by atoms with Crippen molar-refractivity contribution in [1.82, 2.24) is 9.78 Å². The molecule has 0 atom stereocenters. The van der Waals surface area contributed by atoms with E-state index in [4.69, 9.17) is 16.3 Å². The summed E-state index contributed by atoms with van der Waals surface area (Å²) in [7, 11) is 1.51. The molecule has 0 aliphatic carbocycles. The number of carbonyl (C=O) groups excluding carboxylic acids is 1. The van der Waals surface area contributed by atoms with Gasteiger partial charge in [0, 0.05) is 11.1 Å². The average Bonchev–Trinajstić information content (AvgIpc) is 3.25. The van der Waals surface area contributed by atoms with Crippen molar-refractivity contribution in [2.24, 2.45) is 0 Å². The predicted octanol–water partition coefficient (Wildman–Crippen LogP) is 6.78. The summed E-state index contributed by atoms with van der Waals surface area (Å²) in [4.78, 5) is 12.8. The van der Waals surface area contributed by atoms with Gasteiger partial charge < -0.3 is 10.1 Å². The number of amides is 1. The number of hydrogen-bond donors (Lipinski definition) is 1. The second kappa shape index (κ2) is 9.23. The van der Waals surface area contributed by atoms with E-state index in [0.29, 0.717) is 28.3 Å². The highest BCUT2D eigenvalue weighted by Crippen LogP contribution is 2.35. The number of aryl methyl sites for hydroxylation is 1. The number of anilines is 1. The summed E-state index contributed by atoms with van der Waals surface area (Å²) in [6.45, 7) is 1.89. The number of hydrogen-bond acceptors (Lipinski definition) is 3. The van der Waals surface area contributed by atoms with E-state index < -0.39 is 11.9 Å². The van der Waals surface area contributed by atoms with E-state index >= 15 is 0 Å². The molecular weight excluding hydrogens is 467 g/mol. The molecule has 0 radical (unpaired) electrons. The van der Waals surface area contributed by atoms with Gasteiger partial charge in [-0.15, -0.1) is 0 Å². The van der Waals surface area contributed by atoms with Crippen molar-refractivity contribution >= 4 is 23.2 Å². The third-order valence-corrected chi connectivity index (χ3v) is 5.45. The second-order valence-electron chi connectivity index (χ2n) is 7.51. The Morgan fingerprint density at radius 2 is 1.74 bits per heavy atom. The fourth-order valence-electron chi connectivity index (χ4n) is 3.44. The highest BCUT2D eigenvalue weighted by molar-refractivity contribution is 6.32. The molecule has 5 nitrogen and oxygen atoms in total. The van der Waals surface area contributed by atoms with Crippen LogP contribution in [0.25, 0.3) is 16.9 Å². The van der Waals surface area contributed by atoms with Gasteiger partial charge in [0.15, 0.2) is 5.69 Å². The normalized spacial score (nSPS) is 11.4. The molecule has 4 rings (SSSR count). The fraction of sp³-hybridized carbons (Fsp3) is 0.120. The van der Waals surface area contributed by atoms with Crippen LogP contribution in [0.3, 0.4) is 0 Å². The maximum Gasteiger partial charge on any atom is 0.435 e. The first-order valence-corrected chi connectivity index (χ1v) is 10.5. The highest BCUT2D eigenvalue weighted by Gasteiger charge is 2.35. The Labute approximate surface area is 198 Å². The summed E-state index contributed by atoms with van der Waals surface area (Å²) in [6, 6.07) is 19.0. The van der Waals surface area contributed by atoms with Gasteiger partial charge in [-0.3, -0.25) is 4.79 Å². The third kappa shape index (κ3) is 4.77. The number of carbonyl (C=O) groups is 1. The quantitative estimate of drug-likeness (QED) is 0.339. The summed E-state index contributed by atoms with van der Waals surface area (Å²) in [5.41, 5.74) is 1.68. The molecule has 1 N–H and O–H groups in total. The zero-order valence-corrected chi connectivity index (χ0v) is 18.9. The van der Waals surface area contributed by atoms with Crippen molar-refractivity contribution in [2.75, 3.05) is 12.4 Å². The number of ether oxygens (including phenoxy) is 1. The van der Waals surface area contributed by atoms with Gasteiger partial charge in [-0.1, -0.05) is 41.9 Å². The lowest BCUT2D eigenvalue weighted by atomic mass is 10.1. The van der Waals surface area contributed by atoms with E-state index in [1.807, 2.05) is 13.0 Å². The number of para-hydroxylation sites is 1. The lowest BCUT2D eigenvalue weighted by Gasteiger charge is -2.12. The molecule has 34 heavy (non-hydrogen) atoms. The summed E-state index contributed by atoms with van der Waals surface area (Å²) in [5, 5.41) is 6.80. The topological polar surface area (TPSA) is 56.1 Å². The molecule has 174 valence electrons. The van der Waals surface area contributed by atoms with E-state index in [9.17, 15) is 18.0 Å². The van der Waals surface area contributed by atoms with Crippen molar-refractivity contribution in [3.8, 4) is 22.7 Å². The third-order valence-electron chi connectivity index (χ3n) is 5.13. The highest BCUT2D eigenvalue weighted by atomic mass is 35.5. The molecule has 3 aromatic carbocycles. The minimum atomic E-state index is -4.63. The van der Waals surface area contributed by atoms with Gasteiger partial charge in [0.05, 0.1) is 29.2 Å². The zero-order chi connectivity index (χ0) is 24.5. The molecule has 4 aromatic rings. The number of alkyl halides is 3. The van der Waals surface area contributed by atoms with Crippen LogP contribution in [0.4, 0.5) is 18.9 Å². The first-order valence-electron chi connectivity index (χ1n) is 10.2. The van der Waals surface area contributed by atoms with E-state index in [2.05, 4.69) is 10.4 Å². The van der Waals surface area contributed by atoms with E-state index in [0.717, 1.165) is 16.3 Å². The summed E-state index contributed by atoms with van der Waals surface area (Å²) in [6.07, 6.45) is -4.63. The van der Waals surface area contributed by atoms with Gasteiger partial charge in [0.25, 0.3) is 5.91 Å². The summed E-state index contributed by atoms with van der Waals surface area (Å²) in [5.74, 6) is 0.130. The van der Waals surface area contributed by atoms with Crippen LogP contribution in [0.1, 0.15) is 21.6 Å². The molecule has 0 fully saturated rings. The summed E-state index contributed by atoms with van der Waals surface area (Å²) < 4.78 is 46.7. The number of methoxy groups -OCH3 is 1. The van der Waals surface area contributed by atoms with E-state index in [-0.39, 0.29) is 16.6 Å². The van der Waals surface area contributed by atoms with Gasteiger partial charge in [-0.05, 0) is 55.0 Å². The summed E-state index contributed by atoms with van der Waals surface area (Å²) >= 11 is 6.22. The molecule has 0 unspecified atom stereocenters. The Bertz CT molecular complexity index is 1350. The SMILES string of the molecule is COc1ccc(C)cc1NC(=O)c1ccc(-c2cc(C(F)(F)F)nn2-c2ccccc2Cl)cc1. The van der Waals surface area contributed by atoms with Crippen molar-refractivity contribution in [2.45, 2.75) is 13.1 Å². The molecule has 1 amide bonds. The lowest BCUT2D eigenvalue weighted by molar-refractivity contribution is -0.141. The van der Waals surface area contributed by atoms with Crippen molar-refractivity contribution < 1.29 is 22.7 Å². The number of benzene rings is 3. The molecule has 0 saturated heterocycles. The van der Waals surface area contributed by atoms with Crippen LogP contribution < -0.4 is 10.1 Å². The second-order valence-corrected chi connectivity index (χ2v) is 7.92. The van der Waals surface area contributed by atoms with Crippen LogP contribution in [0.15, 0.2) is 72.8 Å². The fourth-order valence-corrected chi connectivity index (χ4v) is 3.65. The monoisotopic (exact) mass is 485 g/mol. The molecule has 0 saturated carbocycles. The number of halogens is 4. The number of aromatic nitrogens is 2. The molecule has 0 spiro atoms. The molecule has 1 aromatic heterocycles. The first-order chi connectivity index (χ1) is 16.2. The number of nitrogens with zero attached hydrogens (tertiary/aromatic N) is 2. The molecule has 9 heteroatoms. The molecule has 0 bridgehead atoms. The predicted molar refractivity (Wildman–Crippen MR) is 125 cm³/mol. The molecule has 1 heterocycles. The van der Waals surface area contributed by atoms with Crippen LogP contribution in [-0.2, 0) is 6.18 Å². The Morgan fingerprint density at radius 3 is 2.38 bits per heavy atom. The Balaban J connectivity index is 1.68. The van der Waals surface area contributed by atoms with E-state index in [1.54, 1.807) is 48.5 Å². The number of rotatable bonds is 5. The van der Waals surface area contributed by atoms with Gasteiger partial charge in [0.2, 0.25) is 0 Å². The van der Waals surface area contributed by atoms with Crippen LogP contribution in [0, 0.1) is 6.92 Å². The molecular formula is C25H19ClF3N3O2. The number of nitrogens with one attached hydrogen (secondary N) is 1. The van der Waals surface area contributed by atoms with Gasteiger partial charge >= 0.3 is 6.18 Å². The van der Waals surface area contributed by atoms with Gasteiger partial charge in [-0.25, -0.2) is 4.68 Å². The Kier molecular flexibility index (Phi) is 6.34. The average molecular weight is 486 g/mol. The van der Waals surface area contributed by atoms with Crippen LogP contribution in [0.5, 0.6) is 5.75 Å². The largest absolute Gasteiger partial charge is 0.495 e. The van der Waals surface area contributed by atoms with Crippen molar-refractivity contribution in [3.05, 3.63) is 94.6 Å².